The van der Waals surface area contributed by atoms with Crippen LogP contribution in [0.15, 0.2) is 136 Å². The molecule has 0 unspecified atom stereocenters. The Morgan fingerprint density at radius 3 is 1.95 bits per heavy atom. The molecule has 3 nitrogen and oxygen atoms in total. The van der Waals surface area contributed by atoms with E-state index in [1.165, 1.54) is 5.39 Å². The molecule has 0 aliphatic heterocycles. The molecule has 0 saturated heterocycles. The third-order valence-electron chi connectivity index (χ3n) is 8.04. The van der Waals surface area contributed by atoms with E-state index in [-0.39, 0.29) is 0 Å². The molecule has 0 aliphatic carbocycles. The van der Waals surface area contributed by atoms with Gasteiger partial charge in [0, 0.05) is 48.8 Å². The predicted octanol–water partition coefficient (Wildman–Crippen LogP) is 10.5. The number of hydrogen-bond donors (Lipinski definition) is 0. The molecule has 0 fully saturated rings. The van der Waals surface area contributed by atoms with Crippen LogP contribution < -0.4 is 0 Å². The van der Waals surface area contributed by atoms with Gasteiger partial charge in [0.05, 0.1) is 11.2 Å². The lowest BCUT2D eigenvalue weighted by Crippen LogP contribution is -1.92. The summed E-state index contributed by atoms with van der Waals surface area (Å²) in [7, 11) is 0. The van der Waals surface area contributed by atoms with Crippen molar-refractivity contribution >= 4 is 65.6 Å². The number of furan rings is 2. The smallest absolute Gasteiger partial charge is 0.143 e. The highest BCUT2D eigenvalue weighted by molar-refractivity contribution is 6.30. The SMILES string of the molecule is c1ccc(-c2nc3ccccc3c3c2cc(-c2ccc4oc5ccccc5c4c2)c2oc4ccccc4c23)cc1. The molecule has 0 N–H and O–H groups in total. The maximum absolute atomic E-state index is 6.68. The highest BCUT2D eigenvalue weighted by Gasteiger charge is 2.21. The quantitative estimate of drug-likeness (QED) is 0.217. The molecule has 40 heavy (non-hydrogen) atoms. The van der Waals surface area contributed by atoms with Crippen molar-refractivity contribution in [1.29, 1.82) is 0 Å². The van der Waals surface area contributed by atoms with Crippen molar-refractivity contribution in [2.24, 2.45) is 0 Å². The number of hydrogen-bond acceptors (Lipinski definition) is 3. The molecule has 0 saturated carbocycles. The Labute approximate surface area is 228 Å². The van der Waals surface area contributed by atoms with Crippen LogP contribution in [0.3, 0.4) is 0 Å². The van der Waals surface area contributed by atoms with Crippen molar-refractivity contribution in [3.05, 3.63) is 127 Å². The van der Waals surface area contributed by atoms with Crippen molar-refractivity contribution in [2.45, 2.75) is 0 Å². The van der Waals surface area contributed by atoms with Crippen molar-refractivity contribution < 1.29 is 8.83 Å². The molecule has 3 heteroatoms. The fraction of sp³-hybridized carbons (Fsp3) is 0. The zero-order chi connectivity index (χ0) is 26.2. The highest BCUT2D eigenvalue weighted by Crippen LogP contribution is 2.46. The molecule has 3 heterocycles. The van der Waals surface area contributed by atoms with Gasteiger partial charge in [-0.2, -0.15) is 0 Å². The molecule has 9 aromatic rings. The Bertz CT molecular complexity index is 2430. The second-order valence-electron chi connectivity index (χ2n) is 10.3. The molecule has 0 bridgehead atoms. The summed E-state index contributed by atoms with van der Waals surface area (Å²) in [6, 6.07) is 44.1. The van der Waals surface area contributed by atoms with Crippen LogP contribution in [0, 0.1) is 0 Å². The van der Waals surface area contributed by atoms with Crippen LogP contribution in [0.2, 0.25) is 0 Å². The number of fused-ring (bicyclic) bond motifs is 10. The third-order valence-corrected chi connectivity index (χ3v) is 8.04. The first kappa shape index (κ1) is 21.5. The van der Waals surface area contributed by atoms with E-state index in [2.05, 4.69) is 103 Å². The molecule has 3 aromatic heterocycles. The van der Waals surface area contributed by atoms with Crippen LogP contribution >= 0.6 is 0 Å². The maximum atomic E-state index is 6.68. The number of benzene rings is 6. The first-order valence-corrected chi connectivity index (χ1v) is 13.5. The zero-order valence-corrected chi connectivity index (χ0v) is 21.4. The summed E-state index contributed by atoms with van der Waals surface area (Å²) in [5, 5.41) is 7.83. The molecule has 0 amide bonds. The van der Waals surface area contributed by atoms with Crippen LogP contribution in [0.5, 0.6) is 0 Å². The summed E-state index contributed by atoms with van der Waals surface area (Å²) >= 11 is 0. The lowest BCUT2D eigenvalue weighted by Gasteiger charge is -2.14. The highest BCUT2D eigenvalue weighted by atomic mass is 16.3. The second-order valence-corrected chi connectivity index (χ2v) is 10.3. The lowest BCUT2D eigenvalue weighted by molar-refractivity contribution is 0.668. The molecular weight excluding hydrogens is 490 g/mol. The third kappa shape index (κ3) is 2.97. The first-order valence-electron chi connectivity index (χ1n) is 13.5. The largest absolute Gasteiger partial charge is 0.456 e. The summed E-state index contributed by atoms with van der Waals surface area (Å²) in [5.41, 5.74) is 8.69. The Morgan fingerprint density at radius 1 is 0.425 bits per heavy atom. The van der Waals surface area contributed by atoms with Crippen molar-refractivity contribution in [3.63, 3.8) is 0 Å². The second kappa shape index (κ2) is 8.05. The Kier molecular flexibility index (Phi) is 4.33. The van der Waals surface area contributed by atoms with Gasteiger partial charge in [-0.15, -0.1) is 0 Å². The maximum Gasteiger partial charge on any atom is 0.143 e. The van der Waals surface area contributed by atoms with Gasteiger partial charge in [-0.1, -0.05) is 91.0 Å². The van der Waals surface area contributed by atoms with Gasteiger partial charge in [0.25, 0.3) is 0 Å². The first-order chi connectivity index (χ1) is 19.8. The summed E-state index contributed by atoms with van der Waals surface area (Å²) in [4.78, 5) is 5.22. The molecule has 0 radical (unpaired) electrons. The molecule has 0 spiro atoms. The van der Waals surface area contributed by atoms with E-state index in [9.17, 15) is 0 Å². The van der Waals surface area contributed by atoms with Gasteiger partial charge in [0.2, 0.25) is 0 Å². The molecular formula is C37H21NO2. The molecule has 0 atom stereocenters. The van der Waals surface area contributed by atoms with Gasteiger partial charge in [-0.05, 0) is 42.0 Å². The van der Waals surface area contributed by atoms with Gasteiger partial charge in [-0.25, -0.2) is 4.98 Å². The molecule has 6 aromatic carbocycles. The topological polar surface area (TPSA) is 39.2 Å². The van der Waals surface area contributed by atoms with Crippen molar-refractivity contribution in [3.8, 4) is 22.4 Å². The van der Waals surface area contributed by atoms with E-state index < -0.39 is 0 Å². The number of para-hydroxylation sites is 3. The lowest BCUT2D eigenvalue weighted by atomic mass is 9.91. The van der Waals surface area contributed by atoms with Crippen LogP contribution in [0.4, 0.5) is 0 Å². The van der Waals surface area contributed by atoms with Gasteiger partial charge in [0.1, 0.15) is 22.3 Å². The van der Waals surface area contributed by atoms with E-state index in [1.54, 1.807) is 0 Å². The Morgan fingerprint density at radius 2 is 1.10 bits per heavy atom. The van der Waals surface area contributed by atoms with Crippen LogP contribution in [0.25, 0.3) is 87.9 Å². The van der Waals surface area contributed by atoms with Crippen molar-refractivity contribution in [2.75, 3.05) is 0 Å². The Balaban J connectivity index is 1.50. The normalized spacial score (nSPS) is 12.0. The minimum absolute atomic E-state index is 0.878. The van der Waals surface area contributed by atoms with E-state index in [0.29, 0.717) is 0 Å². The van der Waals surface area contributed by atoms with Crippen LogP contribution in [-0.4, -0.2) is 4.98 Å². The summed E-state index contributed by atoms with van der Waals surface area (Å²) in [5.74, 6) is 0. The van der Waals surface area contributed by atoms with Gasteiger partial charge < -0.3 is 8.83 Å². The van der Waals surface area contributed by atoms with E-state index in [0.717, 1.165) is 82.6 Å². The minimum Gasteiger partial charge on any atom is -0.456 e. The Hall–Kier alpha value is -5.41. The van der Waals surface area contributed by atoms with Crippen molar-refractivity contribution in [1.82, 2.24) is 4.98 Å². The number of nitrogens with zero attached hydrogens (tertiary/aromatic N) is 1. The van der Waals surface area contributed by atoms with Crippen LogP contribution in [-0.2, 0) is 0 Å². The monoisotopic (exact) mass is 511 g/mol. The molecule has 9 rings (SSSR count). The van der Waals surface area contributed by atoms with E-state index in [1.807, 2.05) is 24.3 Å². The van der Waals surface area contributed by atoms with Gasteiger partial charge in [0.15, 0.2) is 0 Å². The summed E-state index contributed by atoms with van der Waals surface area (Å²) < 4.78 is 12.8. The minimum atomic E-state index is 0.878. The van der Waals surface area contributed by atoms with Gasteiger partial charge >= 0.3 is 0 Å². The molecule has 0 aliphatic rings. The van der Waals surface area contributed by atoms with E-state index >= 15 is 0 Å². The van der Waals surface area contributed by atoms with E-state index in [4.69, 9.17) is 13.8 Å². The summed E-state index contributed by atoms with van der Waals surface area (Å²) in [6.45, 7) is 0. The van der Waals surface area contributed by atoms with Crippen LogP contribution in [0.1, 0.15) is 0 Å². The fourth-order valence-electron chi connectivity index (χ4n) is 6.25. The van der Waals surface area contributed by atoms with Gasteiger partial charge in [-0.3, -0.25) is 0 Å². The summed E-state index contributed by atoms with van der Waals surface area (Å²) in [6.07, 6.45) is 0. The standard InChI is InChI=1S/C37H21NO2/c1-2-10-22(11-3-1)36-29-21-27(23-18-19-33-28(20-23)24-12-5-8-16-31(24)39-33)37-35(26-14-6-9-17-32(26)40-37)34(29)25-13-4-7-15-30(25)38-36/h1-21H. The predicted molar refractivity (Wildman–Crippen MR) is 165 cm³/mol. The number of aromatic nitrogens is 1. The average molecular weight is 512 g/mol. The number of pyridine rings is 1. The number of rotatable bonds is 2. The fourth-order valence-corrected chi connectivity index (χ4v) is 6.25. The molecule has 186 valence electrons. The zero-order valence-electron chi connectivity index (χ0n) is 21.4. The average Bonchev–Trinajstić information content (AvgIpc) is 3.59.